The van der Waals surface area contributed by atoms with E-state index in [0.717, 1.165) is 6.07 Å². The molecule has 0 fully saturated rings. The standard InChI is InChI=1S/C13H17F3N2O3/c1-12(2,20-3)6-7-21-11-8(10(17)19)4-5-9(18-11)13(14,15)16/h4-5H,6-7H2,1-3H3,(H2,17,19). The maximum absolute atomic E-state index is 12.6. The maximum atomic E-state index is 12.6. The third-order valence-corrected chi connectivity index (χ3v) is 2.91. The number of halogens is 3. The number of hydrogen-bond acceptors (Lipinski definition) is 4. The Morgan fingerprint density at radius 3 is 2.43 bits per heavy atom. The van der Waals surface area contributed by atoms with Crippen molar-refractivity contribution >= 4 is 5.91 Å². The molecule has 0 atom stereocenters. The zero-order valence-electron chi connectivity index (χ0n) is 12.0. The number of alkyl halides is 3. The van der Waals surface area contributed by atoms with Gasteiger partial charge >= 0.3 is 6.18 Å². The molecule has 0 radical (unpaired) electrons. The molecule has 1 aromatic heterocycles. The normalized spacial score (nSPS) is 12.3. The summed E-state index contributed by atoms with van der Waals surface area (Å²) in [5.74, 6) is -1.33. The van der Waals surface area contributed by atoms with E-state index in [2.05, 4.69) is 4.98 Å². The highest BCUT2D eigenvalue weighted by Crippen LogP contribution is 2.30. The van der Waals surface area contributed by atoms with Crippen LogP contribution in [0.4, 0.5) is 13.2 Å². The van der Waals surface area contributed by atoms with Crippen LogP contribution in [0.5, 0.6) is 5.88 Å². The number of amides is 1. The fourth-order valence-corrected chi connectivity index (χ4v) is 1.39. The van der Waals surface area contributed by atoms with Gasteiger partial charge in [0.25, 0.3) is 5.91 Å². The maximum Gasteiger partial charge on any atom is 0.433 e. The molecular weight excluding hydrogens is 289 g/mol. The van der Waals surface area contributed by atoms with Gasteiger partial charge in [0.05, 0.1) is 12.2 Å². The predicted octanol–water partition coefficient (Wildman–Crippen LogP) is 2.39. The van der Waals surface area contributed by atoms with Gasteiger partial charge in [-0.3, -0.25) is 4.79 Å². The Labute approximate surface area is 120 Å². The van der Waals surface area contributed by atoms with Gasteiger partial charge < -0.3 is 15.2 Å². The molecule has 1 aromatic rings. The summed E-state index contributed by atoms with van der Waals surface area (Å²) in [7, 11) is 1.51. The molecule has 0 aromatic carbocycles. The minimum absolute atomic E-state index is 0.0371. The summed E-state index contributed by atoms with van der Waals surface area (Å²) in [5, 5.41) is 0. The fraction of sp³-hybridized carbons (Fsp3) is 0.538. The van der Waals surface area contributed by atoms with Crippen LogP contribution in [0.1, 0.15) is 36.3 Å². The number of ether oxygens (including phenoxy) is 2. The van der Waals surface area contributed by atoms with Crippen molar-refractivity contribution in [3.05, 3.63) is 23.4 Å². The summed E-state index contributed by atoms with van der Waals surface area (Å²) >= 11 is 0. The summed E-state index contributed by atoms with van der Waals surface area (Å²) in [4.78, 5) is 14.5. The number of nitrogens with zero attached hydrogens (tertiary/aromatic N) is 1. The first kappa shape index (κ1) is 17.2. The van der Waals surface area contributed by atoms with Crippen LogP contribution in [0.15, 0.2) is 12.1 Å². The average Bonchev–Trinajstić information content (AvgIpc) is 2.37. The van der Waals surface area contributed by atoms with Gasteiger partial charge in [-0.1, -0.05) is 0 Å². The highest BCUT2D eigenvalue weighted by Gasteiger charge is 2.33. The molecule has 0 saturated carbocycles. The first-order valence-corrected chi connectivity index (χ1v) is 6.13. The lowest BCUT2D eigenvalue weighted by Crippen LogP contribution is -2.26. The second kappa shape index (κ2) is 6.30. The van der Waals surface area contributed by atoms with Crippen molar-refractivity contribution in [2.24, 2.45) is 5.73 Å². The number of carbonyl (C=O) groups excluding carboxylic acids is 1. The first-order valence-electron chi connectivity index (χ1n) is 6.13. The number of methoxy groups -OCH3 is 1. The Kier molecular flexibility index (Phi) is 5.16. The van der Waals surface area contributed by atoms with Crippen LogP contribution in [-0.2, 0) is 10.9 Å². The lowest BCUT2D eigenvalue weighted by atomic mass is 10.1. The molecule has 0 aliphatic carbocycles. The number of hydrogen-bond donors (Lipinski definition) is 1. The fourth-order valence-electron chi connectivity index (χ4n) is 1.39. The summed E-state index contributed by atoms with van der Waals surface area (Å²) in [5.41, 5.74) is 3.25. The molecule has 8 heteroatoms. The molecule has 2 N–H and O–H groups in total. The number of aromatic nitrogens is 1. The van der Waals surface area contributed by atoms with E-state index in [1.165, 1.54) is 7.11 Å². The highest BCUT2D eigenvalue weighted by atomic mass is 19.4. The van der Waals surface area contributed by atoms with Crippen molar-refractivity contribution in [3.8, 4) is 5.88 Å². The zero-order valence-corrected chi connectivity index (χ0v) is 12.0. The third-order valence-electron chi connectivity index (χ3n) is 2.91. The average molecular weight is 306 g/mol. The minimum atomic E-state index is -4.62. The predicted molar refractivity (Wildman–Crippen MR) is 69.0 cm³/mol. The van der Waals surface area contributed by atoms with Gasteiger partial charge in [-0.25, -0.2) is 4.98 Å². The van der Waals surface area contributed by atoms with Gasteiger partial charge in [0.15, 0.2) is 0 Å². The molecule has 0 spiro atoms. The van der Waals surface area contributed by atoms with Crippen LogP contribution >= 0.6 is 0 Å². The molecule has 118 valence electrons. The first-order chi connectivity index (χ1) is 9.57. The van der Waals surface area contributed by atoms with E-state index in [0.29, 0.717) is 12.5 Å². The van der Waals surface area contributed by atoms with E-state index in [1.807, 2.05) is 0 Å². The molecule has 0 aliphatic heterocycles. The van der Waals surface area contributed by atoms with Gasteiger partial charge in [-0.05, 0) is 26.0 Å². The summed E-state index contributed by atoms with van der Waals surface area (Å²) in [6.45, 7) is 3.63. The Hall–Kier alpha value is -1.83. The van der Waals surface area contributed by atoms with E-state index < -0.39 is 29.3 Å². The Balaban J connectivity index is 2.94. The second-order valence-corrected chi connectivity index (χ2v) is 4.97. The van der Waals surface area contributed by atoms with Crippen LogP contribution < -0.4 is 10.5 Å². The molecule has 21 heavy (non-hydrogen) atoms. The quantitative estimate of drug-likeness (QED) is 0.875. The molecule has 1 amide bonds. The molecular formula is C13H17F3N2O3. The molecule has 1 heterocycles. The topological polar surface area (TPSA) is 74.4 Å². The van der Waals surface area contributed by atoms with E-state index in [4.69, 9.17) is 15.2 Å². The number of rotatable bonds is 6. The highest BCUT2D eigenvalue weighted by molar-refractivity contribution is 5.95. The van der Waals surface area contributed by atoms with Crippen LogP contribution in [0.3, 0.4) is 0 Å². The van der Waals surface area contributed by atoms with E-state index >= 15 is 0 Å². The zero-order chi connectivity index (χ0) is 16.3. The molecule has 0 unspecified atom stereocenters. The third kappa shape index (κ3) is 4.89. The van der Waals surface area contributed by atoms with Gasteiger partial charge in [0, 0.05) is 13.5 Å². The smallest absolute Gasteiger partial charge is 0.433 e. The van der Waals surface area contributed by atoms with Crippen molar-refractivity contribution in [3.63, 3.8) is 0 Å². The number of nitrogens with two attached hydrogens (primary N) is 1. The van der Waals surface area contributed by atoms with E-state index in [-0.39, 0.29) is 12.2 Å². The van der Waals surface area contributed by atoms with E-state index in [1.54, 1.807) is 13.8 Å². The lowest BCUT2D eigenvalue weighted by Gasteiger charge is -2.22. The minimum Gasteiger partial charge on any atom is -0.477 e. The van der Waals surface area contributed by atoms with Crippen molar-refractivity contribution in [2.75, 3.05) is 13.7 Å². The second-order valence-electron chi connectivity index (χ2n) is 4.97. The molecule has 1 rings (SSSR count). The van der Waals surface area contributed by atoms with Crippen molar-refractivity contribution in [2.45, 2.75) is 32.0 Å². The number of pyridine rings is 1. The molecule has 0 aliphatic rings. The SMILES string of the molecule is COC(C)(C)CCOc1nc(C(F)(F)F)ccc1C(N)=O. The summed E-state index contributed by atoms with van der Waals surface area (Å²) in [6, 6.07) is 1.64. The van der Waals surface area contributed by atoms with Crippen molar-refractivity contribution in [1.29, 1.82) is 0 Å². The number of primary amides is 1. The van der Waals surface area contributed by atoms with Gasteiger partial charge in [0.2, 0.25) is 5.88 Å². The van der Waals surface area contributed by atoms with Crippen LogP contribution in [0.25, 0.3) is 0 Å². The number of carbonyl (C=O) groups is 1. The molecule has 5 nitrogen and oxygen atoms in total. The van der Waals surface area contributed by atoms with Crippen molar-refractivity contribution in [1.82, 2.24) is 4.98 Å². The van der Waals surface area contributed by atoms with E-state index in [9.17, 15) is 18.0 Å². The summed E-state index contributed by atoms with van der Waals surface area (Å²) < 4.78 is 48.2. The molecule has 0 bridgehead atoms. The monoisotopic (exact) mass is 306 g/mol. The molecule has 0 saturated heterocycles. The van der Waals surface area contributed by atoms with Crippen LogP contribution in [-0.4, -0.2) is 30.2 Å². The Bertz CT molecular complexity index is 516. The van der Waals surface area contributed by atoms with Crippen LogP contribution in [0.2, 0.25) is 0 Å². The lowest BCUT2D eigenvalue weighted by molar-refractivity contribution is -0.141. The largest absolute Gasteiger partial charge is 0.477 e. The Morgan fingerprint density at radius 1 is 1.33 bits per heavy atom. The summed E-state index contributed by atoms with van der Waals surface area (Å²) in [6.07, 6.45) is -4.22. The van der Waals surface area contributed by atoms with Crippen molar-refractivity contribution < 1.29 is 27.4 Å². The van der Waals surface area contributed by atoms with Gasteiger partial charge in [0.1, 0.15) is 11.3 Å². The van der Waals surface area contributed by atoms with Gasteiger partial charge in [-0.2, -0.15) is 13.2 Å². The van der Waals surface area contributed by atoms with Gasteiger partial charge in [-0.15, -0.1) is 0 Å². The van der Waals surface area contributed by atoms with Crippen LogP contribution in [0, 0.1) is 0 Å². The Morgan fingerprint density at radius 2 is 1.95 bits per heavy atom.